The zero-order valence-electron chi connectivity index (χ0n) is 20.4. The molecule has 4 aliphatic rings. The van der Waals surface area contributed by atoms with Crippen molar-refractivity contribution in [2.75, 3.05) is 32.5 Å². The van der Waals surface area contributed by atoms with Crippen LogP contribution in [-0.2, 0) is 0 Å². The summed E-state index contributed by atoms with van der Waals surface area (Å²) in [6.45, 7) is 1.62. The number of rotatable bonds is 8. The molecule has 0 spiro atoms. The fourth-order valence-electron chi connectivity index (χ4n) is 6.67. The number of hydrogen-bond donors (Lipinski definition) is 3. The number of anilines is 1. The monoisotopic (exact) mass is 478 g/mol. The van der Waals surface area contributed by atoms with Gasteiger partial charge in [-0.15, -0.1) is 0 Å². The van der Waals surface area contributed by atoms with Gasteiger partial charge in [-0.1, -0.05) is 12.1 Å². The van der Waals surface area contributed by atoms with Crippen LogP contribution in [-0.4, -0.2) is 65.1 Å². The summed E-state index contributed by atoms with van der Waals surface area (Å²) in [6.07, 6.45) is 6.73. The summed E-state index contributed by atoms with van der Waals surface area (Å²) in [5, 5.41) is 9.74. The van der Waals surface area contributed by atoms with Gasteiger partial charge in [0, 0.05) is 36.4 Å². The number of aromatic nitrogens is 2. The Kier molecular flexibility index (Phi) is 6.35. The minimum Gasteiger partial charge on any atom is -0.391 e. The van der Waals surface area contributed by atoms with E-state index < -0.39 is 6.09 Å². The highest BCUT2D eigenvalue weighted by molar-refractivity contribution is 5.92. The molecular formula is C26H34N6O3. The quantitative estimate of drug-likeness (QED) is 0.535. The van der Waals surface area contributed by atoms with Crippen molar-refractivity contribution in [3.8, 4) is 5.88 Å². The van der Waals surface area contributed by atoms with Gasteiger partial charge in [-0.2, -0.15) is 4.98 Å². The maximum atomic E-state index is 13.0. The lowest BCUT2D eigenvalue weighted by Crippen LogP contribution is -2.70. The van der Waals surface area contributed by atoms with Crippen LogP contribution in [0.3, 0.4) is 0 Å². The fourth-order valence-corrected chi connectivity index (χ4v) is 6.67. The molecule has 2 aromatic heterocycles. The van der Waals surface area contributed by atoms with Gasteiger partial charge < -0.3 is 25.6 Å². The Morgan fingerprint density at radius 3 is 2.46 bits per heavy atom. The SMILES string of the molecule is CN(C)CCNc1cccc(OC(=O)NC23CC4CC(C2)CC(NC(=O)c2ccccn2)(C4)C3)n1. The number of nitrogens with zero attached hydrogens (tertiary/aromatic N) is 3. The van der Waals surface area contributed by atoms with Crippen LogP contribution >= 0.6 is 0 Å². The van der Waals surface area contributed by atoms with E-state index in [9.17, 15) is 9.59 Å². The molecule has 2 aromatic rings. The van der Waals surface area contributed by atoms with Crippen LogP contribution in [0.4, 0.5) is 10.6 Å². The summed E-state index contributed by atoms with van der Waals surface area (Å²) in [5.74, 6) is 1.74. The topological polar surface area (TPSA) is 108 Å². The highest BCUT2D eigenvalue weighted by atomic mass is 16.6. The highest BCUT2D eigenvalue weighted by Gasteiger charge is 2.59. The van der Waals surface area contributed by atoms with E-state index in [0.29, 0.717) is 29.8 Å². The van der Waals surface area contributed by atoms with Gasteiger partial charge in [-0.25, -0.2) is 4.79 Å². The molecule has 4 fully saturated rings. The lowest BCUT2D eigenvalue weighted by Gasteiger charge is -2.61. The van der Waals surface area contributed by atoms with Gasteiger partial charge in [0.2, 0.25) is 5.88 Å². The molecule has 0 aliphatic heterocycles. The first kappa shape index (κ1) is 23.5. The molecule has 35 heavy (non-hydrogen) atoms. The Hall–Kier alpha value is -3.20. The molecule has 3 N–H and O–H groups in total. The van der Waals surface area contributed by atoms with E-state index in [1.165, 1.54) is 0 Å². The van der Waals surface area contributed by atoms with Crippen LogP contribution in [0.15, 0.2) is 42.6 Å². The molecule has 0 aromatic carbocycles. The minimum absolute atomic E-state index is 0.145. The van der Waals surface area contributed by atoms with E-state index in [1.807, 2.05) is 32.3 Å². The van der Waals surface area contributed by atoms with Gasteiger partial charge in [0.05, 0.1) is 0 Å². The first-order chi connectivity index (χ1) is 16.8. The van der Waals surface area contributed by atoms with Crippen molar-refractivity contribution < 1.29 is 14.3 Å². The van der Waals surface area contributed by atoms with Gasteiger partial charge in [-0.3, -0.25) is 9.78 Å². The fraction of sp³-hybridized carbons (Fsp3) is 0.538. The molecule has 2 unspecified atom stereocenters. The standard InChI is InChI=1S/C26H34N6O3/c1-32(2)11-10-28-21-7-5-8-22(29-21)35-24(34)31-26-15-18-12-19(16-26)14-25(13-18,17-26)30-23(33)20-6-3-4-9-27-20/h3-9,18-19H,10-17H2,1-2H3,(H,28,29)(H,30,33)(H,31,34). The van der Waals surface area contributed by atoms with Crippen LogP contribution in [0.5, 0.6) is 5.88 Å². The molecule has 0 saturated heterocycles. The number of carbonyl (C=O) groups is 2. The lowest BCUT2D eigenvalue weighted by atomic mass is 9.50. The molecule has 2 atom stereocenters. The predicted molar refractivity (Wildman–Crippen MR) is 132 cm³/mol. The smallest absolute Gasteiger partial charge is 0.391 e. The normalized spacial score (nSPS) is 28.5. The Balaban J connectivity index is 1.24. The van der Waals surface area contributed by atoms with Crippen LogP contribution in [0.25, 0.3) is 0 Å². The van der Waals surface area contributed by atoms with E-state index in [-0.39, 0.29) is 22.9 Å². The third-order valence-corrected chi connectivity index (χ3v) is 7.49. The molecule has 4 bridgehead atoms. The molecule has 4 aliphatic carbocycles. The second-order valence-electron chi connectivity index (χ2n) is 10.8. The van der Waals surface area contributed by atoms with Crippen LogP contribution in [0.2, 0.25) is 0 Å². The molecule has 2 amide bonds. The van der Waals surface area contributed by atoms with Gasteiger partial charge in [0.25, 0.3) is 5.91 Å². The van der Waals surface area contributed by atoms with E-state index >= 15 is 0 Å². The predicted octanol–water partition coefficient (Wildman–Crippen LogP) is 3.06. The summed E-state index contributed by atoms with van der Waals surface area (Å²) in [4.78, 5) is 36.6. The maximum Gasteiger partial charge on any atom is 0.414 e. The minimum atomic E-state index is -0.490. The summed E-state index contributed by atoms with van der Waals surface area (Å²) >= 11 is 0. The van der Waals surface area contributed by atoms with Gasteiger partial charge in [-0.05, 0) is 82.7 Å². The number of carbonyl (C=O) groups excluding carboxylic acids is 2. The van der Waals surface area contributed by atoms with E-state index in [4.69, 9.17) is 4.74 Å². The number of hydrogen-bond acceptors (Lipinski definition) is 7. The molecular weight excluding hydrogens is 444 g/mol. The average molecular weight is 479 g/mol. The molecule has 4 saturated carbocycles. The highest BCUT2D eigenvalue weighted by Crippen LogP contribution is 2.57. The van der Waals surface area contributed by atoms with Gasteiger partial charge in [0.15, 0.2) is 0 Å². The first-order valence-electron chi connectivity index (χ1n) is 12.4. The van der Waals surface area contributed by atoms with E-state index in [0.717, 1.165) is 45.2 Å². The van der Waals surface area contributed by atoms with E-state index in [2.05, 4.69) is 30.8 Å². The van der Waals surface area contributed by atoms with Crippen molar-refractivity contribution in [3.05, 3.63) is 48.3 Å². The number of amides is 2. The number of ether oxygens (including phenoxy) is 1. The Bertz CT molecular complexity index is 1060. The Labute approximate surface area is 206 Å². The number of nitrogens with one attached hydrogen (secondary N) is 3. The molecule has 2 heterocycles. The zero-order chi connectivity index (χ0) is 24.5. The molecule has 186 valence electrons. The summed E-state index contributed by atoms with van der Waals surface area (Å²) < 4.78 is 5.60. The third kappa shape index (κ3) is 5.40. The second-order valence-corrected chi connectivity index (χ2v) is 10.8. The zero-order valence-corrected chi connectivity index (χ0v) is 20.4. The Morgan fingerprint density at radius 1 is 1.03 bits per heavy atom. The van der Waals surface area contributed by atoms with Crippen molar-refractivity contribution in [2.24, 2.45) is 11.8 Å². The van der Waals surface area contributed by atoms with Crippen molar-refractivity contribution in [2.45, 2.75) is 49.6 Å². The molecule has 9 heteroatoms. The van der Waals surface area contributed by atoms with Crippen LogP contribution in [0, 0.1) is 11.8 Å². The van der Waals surface area contributed by atoms with Crippen molar-refractivity contribution in [3.63, 3.8) is 0 Å². The number of pyridine rings is 2. The van der Waals surface area contributed by atoms with Crippen LogP contribution < -0.4 is 20.7 Å². The van der Waals surface area contributed by atoms with Crippen LogP contribution in [0.1, 0.15) is 49.0 Å². The summed E-state index contributed by atoms with van der Waals surface area (Å²) in [5.41, 5.74) is -0.268. The van der Waals surface area contributed by atoms with Crippen molar-refractivity contribution in [1.29, 1.82) is 0 Å². The lowest BCUT2D eigenvalue weighted by molar-refractivity contribution is -0.0450. The molecule has 9 nitrogen and oxygen atoms in total. The largest absolute Gasteiger partial charge is 0.414 e. The second kappa shape index (κ2) is 9.45. The van der Waals surface area contributed by atoms with E-state index in [1.54, 1.807) is 24.4 Å². The molecule has 0 radical (unpaired) electrons. The number of likely N-dealkylation sites (N-methyl/N-ethyl adjacent to an activating group) is 1. The maximum absolute atomic E-state index is 13.0. The first-order valence-corrected chi connectivity index (χ1v) is 12.4. The van der Waals surface area contributed by atoms with Crippen molar-refractivity contribution >= 4 is 17.8 Å². The Morgan fingerprint density at radius 2 is 1.77 bits per heavy atom. The summed E-state index contributed by atoms with van der Waals surface area (Å²) in [6, 6.07) is 10.7. The van der Waals surface area contributed by atoms with Crippen molar-refractivity contribution in [1.82, 2.24) is 25.5 Å². The third-order valence-electron chi connectivity index (χ3n) is 7.49. The average Bonchev–Trinajstić information content (AvgIpc) is 2.78. The summed E-state index contributed by atoms with van der Waals surface area (Å²) in [7, 11) is 4.02. The van der Waals surface area contributed by atoms with Gasteiger partial charge >= 0.3 is 6.09 Å². The van der Waals surface area contributed by atoms with Gasteiger partial charge in [0.1, 0.15) is 11.5 Å². The molecule has 6 rings (SSSR count).